The second-order valence-electron chi connectivity index (χ2n) is 5.77. The van der Waals surface area contributed by atoms with E-state index in [-0.39, 0.29) is 16.5 Å². The van der Waals surface area contributed by atoms with Crippen molar-refractivity contribution in [2.45, 2.75) is 13.8 Å². The zero-order valence-electron chi connectivity index (χ0n) is 14.9. The zero-order chi connectivity index (χ0) is 19.4. The summed E-state index contributed by atoms with van der Waals surface area (Å²) in [6.45, 7) is 3.55. The van der Waals surface area contributed by atoms with Gasteiger partial charge in [-0.2, -0.15) is 0 Å². The van der Waals surface area contributed by atoms with Gasteiger partial charge in [-0.25, -0.2) is 4.98 Å². The van der Waals surface area contributed by atoms with Crippen LogP contribution in [-0.4, -0.2) is 22.7 Å². The molecule has 1 N–H and O–H groups in total. The average molecular weight is 384 g/mol. The first kappa shape index (κ1) is 18.7. The van der Waals surface area contributed by atoms with Crippen LogP contribution in [0.5, 0.6) is 17.2 Å². The van der Waals surface area contributed by atoms with Crippen LogP contribution in [0.2, 0.25) is 5.02 Å². The van der Waals surface area contributed by atoms with E-state index in [1.807, 2.05) is 31.2 Å². The second kappa shape index (κ2) is 8.10. The SMILES string of the molecule is CCOc1cc(C=Cc2ccc3cccc(O)c3n2)cc(Cl)c1OC(C)=O. The van der Waals surface area contributed by atoms with Crippen LogP contribution < -0.4 is 9.47 Å². The van der Waals surface area contributed by atoms with Gasteiger partial charge in [0.15, 0.2) is 11.5 Å². The fourth-order valence-corrected chi connectivity index (χ4v) is 2.87. The summed E-state index contributed by atoms with van der Waals surface area (Å²) in [5.74, 6) is 0.261. The van der Waals surface area contributed by atoms with E-state index in [4.69, 9.17) is 21.1 Å². The molecule has 0 saturated heterocycles. The average Bonchev–Trinajstić information content (AvgIpc) is 2.63. The molecule has 1 heterocycles. The van der Waals surface area contributed by atoms with Crippen molar-refractivity contribution in [3.63, 3.8) is 0 Å². The molecule has 0 aliphatic heterocycles. The van der Waals surface area contributed by atoms with Crippen molar-refractivity contribution < 1.29 is 19.4 Å². The third-order valence-electron chi connectivity index (χ3n) is 3.74. The smallest absolute Gasteiger partial charge is 0.308 e. The van der Waals surface area contributed by atoms with Crippen molar-refractivity contribution in [3.8, 4) is 17.2 Å². The molecule has 0 bridgehead atoms. The van der Waals surface area contributed by atoms with Gasteiger partial charge in [-0.15, -0.1) is 0 Å². The van der Waals surface area contributed by atoms with E-state index in [2.05, 4.69) is 4.98 Å². The molecule has 5 nitrogen and oxygen atoms in total. The minimum absolute atomic E-state index is 0.134. The summed E-state index contributed by atoms with van der Waals surface area (Å²) < 4.78 is 10.7. The van der Waals surface area contributed by atoms with Crippen LogP contribution in [0.1, 0.15) is 25.1 Å². The number of rotatable bonds is 5. The summed E-state index contributed by atoms with van der Waals surface area (Å²) >= 11 is 6.26. The molecule has 0 atom stereocenters. The zero-order valence-corrected chi connectivity index (χ0v) is 15.7. The Hall–Kier alpha value is -3.05. The van der Waals surface area contributed by atoms with Crippen LogP contribution in [-0.2, 0) is 4.79 Å². The molecule has 6 heteroatoms. The summed E-state index contributed by atoms with van der Waals surface area (Å²) in [6.07, 6.45) is 3.62. The molecule has 1 aromatic heterocycles. The van der Waals surface area contributed by atoms with Crippen molar-refractivity contribution in [3.05, 3.63) is 58.7 Å². The number of phenolic OH excluding ortho intramolecular Hbond substituents is 1. The summed E-state index contributed by atoms with van der Waals surface area (Å²) in [6, 6.07) is 12.4. The van der Waals surface area contributed by atoms with E-state index >= 15 is 0 Å². The van der Waals surface area contributed by atoms with Gasteiger partial charge in [0.1, 0.15) is 11.3 Å². The van der Waals surface area contributed by atoms with E-state index in [1.54, 1.807) is 30.3 Å². The normalized spacial score (nSPS) is 11.1. The van der Waals surface area contributed by atoms with Gasteiger partial charge in [-0.3, -0.25) is 4.79 Å². The molecular weight excluding hydrogens is 366 g/mol. The van der Waals surface area contributed by atoms with Crippen molar-refractivity contribution in [1.82, 2.24) is 4.98 Å². The molecular formula is C21H18ClNO4. The molecule has 0 aliphatic rings. The van der Waals surface area contributed by atoms with Crippen molar-refractivity contribution in [1.29, 1.82) is 0 Å². The van der Waals surface area contributed by atoms with Crippen LogP contribution >= 0.6 is 11.6 Å². The molecule has 2 aromatic carbocycles. The van der Waals surface area contributed by atoms with Crippen LogP contribution in [0.15, 0.2) is 42.5 Å². The summed E-state index contributed by atoms with van der Waals surface area (Å²) in [4.78, 5) is 15.7. The topological polar surface area (TPSA) is 68.7 Å². The molecule has 0 unspecified atom stereocenters. The van der Waals surface area contributed by atoms with Crippen molar-refractivity contribution in [2.24, 2.45) is 0 Å². The molecule has 0 aliphatic carbocycles. The van der Waals surface area contributed by atoms with Crippen LogP contribution in [0.4, 0.5) is 0 Å². The number of halogens is 1. The lowest BCUT2D eigenvalue weighted by Crippen LogP contribution is -2.05. The number of esters is 1. The van der Waals surface area contributed by atoms with Gasteiger partial charge in [-0.1, -0.05) is 35.9 Å². The molecule has 0 spiro atoms. The van der Waals surface area contributed by atoms with E-state index in [0.29, 0.717) is 23.6 Å². The third-order valence-corrected chi connectivity index (χ3v) is 4.03. The number of ether oxygens (including phenoxy) is 2. The molecule has 0 amide bonds. The largest absolute Gasteiger partial charge is 0.506 e. The van der Waals surface area contributed by atoms with Gasteiger partial charge in [0.05, 0.1) is 17.3 Å². The fourth-order valence-electron chi connectivity index (χ4n) is 2.61. The van der Waals surface area contributed by atoms with Crippen LogP contribution in [0, 0.1) is 0 Å². The van der Waals surface area contributed by atoms with Gasteiger partial charge in [0.25, 0.3) is 0 Å². The Labute approximate surface area is 161 Å². The Morgan fingerprint density at radius 2 is 2.04 bits per heavy atom. The molecule has 0 fully saturated rings. The third kappa shape index (κ3) is 4.38. The quantitative estimate of drug-likeness (QED) is 0.491. The number of para-hydroxylation sites is 1. The molecule has 3 rings (SSSR count). The molecule has 0 saturated carbocycles. The number of aromatic hydroxyl groups is 1. The maximum absolute atomic E-state index is 11.3. The van der Waals surface area contributed by atoms with Crippen LogP contribution in [0.25, 0.3) is 23.1 Å². The molecule has 3 aromatic rings. The van der Waals surface area contributed by atoms with E-state index in [9.17, 15) is 9.90 Å². The number of fused-ring (bicyclic) bond motifs is 1. The highest BCUT2D eigenvalue weighted by molar-refractivity contribution is 6.32. The number of aromatic nitrogens is 1. The van der Waals surface area contributed by atoms with Gasteiger partial charge < -0.3 is 14.6 Å². The lowest BCUT2D eigenvalue weighted by molar-refractivity contribution is -0.132. The Balaban J connectivity index is 1.95. The number of hydrogen-bond acceptors (Lipinski definition) is 5. The standard InChI is InChI=1S/C21H18ClNO4/c1-3-26-19-12-14(11-17(22)21(19)27-13(2)24)7-9-16-10-8-15-5-4-6-18(25)20(15)23-16/h4-12,25H,3H2,1-2H3. The highest BCUT2D eigenvalue weighted by Gasteiger charge is 2.14. The number of nitrogens with zero attached hydrogens (tertiary/aromatic N) is 1. The van der Waals surface area contributed by atoms with Gasteiger partial charge in [0, 0.05) is 12.3 Å². The predicted molar refractivity (Wildman–Crippen MR) is 106 cm³/mol. The maximum atomic E-state index is 11.3. The highest BCUT2D eigenvalue weighted by Crippen LogP contribution is 2.37. The summed E-state index contributed by atoms with van der Waals surface area (Å²) in [7, 11) is 0. The monoisotopic (exact) mass is 383 g/mol. The summed E-state index contributed by atoms with van der Waals surface area (Å²) in [5, 5.41) is 11.1. The minimum atomic E-state index is -0.471. The van der Waals surface area contributed by atoms with Gasteiger partial charge >= 0.3 is 5.97 Å². The van der Waals surface area contributed by atoms with E-state index in [1.165, 1.54) is 6.92 Å². The van der Waals surface area contributed by atoms with E-state index in [0.717, 1.165) is 10.9 Å². The fraction of sp³-hybridized carbons (Fsp3) is 0.143. The first-order valence-electron chi connectivity index (χ1n) is 8.39. The number of carbonyl (C=O) groups excluding carboxylic acids is 1. The maximum Gasteiger partial charge on any atom is 0.308 e. The number of pyridine rings is 1. The van der Waals surface area contributed by atoms with Gasteiger partial charge in [0.2, 0.25) is 0 Å². The second-order valence-corrected chi connectivity index (χ2v) is 6.18. The minimum Gasteiger partial charge on any atom is -0.506 e. The Morgan fingerprint density at radius 1 is 1.22 bits per heavy atom. The Kier molecular flexibility index (Phi) is 5.62. The Morgan fingerprint density at radius 3 is 2.78 bits per heavy atom. The summed E-state index contributed by atoms with van der Waals surface area (Å²) in [5.41, 5.74) is 1.98. The number of phenols is 1. The first-order valence-corrected chi connectivity index (χ1v) is 8.77. The lowest BCUT2D eigenvalue weighted by Gasteiger charge is -2.12. The van der Waals surface area contributed by atoms with Gasteiger partial charge in [-0.05, 0) is 42.8 Å². The molecule has 0 radical (unpaired) electrons. The Bertz CT molecular complexity index is 1030. The molecule has 138 valence electrons. The number of benzene rings is 2. The van der Waals surface area contributed by atoms with E-state index < -0.39 is 5.97 Å². The number of hydrogen-bond donors (Lipinski definition) is 1. The highest BCUT2D eigenvalue weighted by atomic mass is 35.5. The lowest BCUT2D eigenvalue weighted by atomic mass is 10.1. The van der Waals surface area contributed by atoms with Crippen LogP contribution in [0.3, 0.4) is 0 Å². The predicted octanol–water partition coefficient (Wildman–Crippen LogP) is 5.09. The van der Waals surface area contributed by atoms with Crippen molar-refractivity contribution >= 4 is 40.6 Å². The van der Waals surface area contributed by atoms with Crippen molar-refractivity contribution in [2.75, 3.05) is 6.61 Å². The number of carbonyl (C=O) groups is 1. The first-order chi connectivity index (χ1) is 13.0. The molecule has 27 heavy (non-hydrogen) atoms.